The smallest absolute Gasteiger partial charge is 0.410 e. The van der Waals surface area contributed by atoms with Crippen molar-refractivity contribution >= 4 is 22.6 Å². The number of fused-ring (bicyclic) bond motifs is 9. The van der Waals surface area contributed by atoms with E-state index >= 15 is 0 Å². The van der Waals surface area contributed by atoms with Gasteiger partial charge in [0.25, 0.3) is 0 Å². The molecule has 2 saturated carbocycles. The number of rotatable bonds is 9. The highest BCUT2D eigenvalue weighted by Crippen LogP contribution is 2.59. The third-order valence-corrected chi connectivity index (χ3v) is 15.3. The first-order valence-corrected chi connectivity index (χ1v) is 23.6. The summed E-state index contributed by atoms with van der Waals surface area (Å²) < 4.78 is 6.62. The number of carbonyl (C=O) groups excluding carboxylic acids is 2. The molecule has 9 rings (SSSR count). The molecule has 0 heterocycles. The molecule has 0 radical (unpaired) electrons. The second-order valence-corrected chi connectivity index (χ2v) is 20.0. The number of aliphatic hydroxyl groups excluding tert-OH is 1. The van der Waals surface area contributed by atoms with Crippen LogP contribution in [0, 0.1) is 23.2 Å². The summed E-state index contributed by atoms with van der Waals surface area (Å²) in [5, 5.41) is 26.9. The van der Waals surface area contributed by atoms with Crippen LogP contribution in [0.15, 0.2) is 127 Å². The molecule has 4 aliphatic rings. The first-order chi connectivity index (χ1) is 30.3. The average Bonchev–Trinajstić information content (AvgIpc) is 3.53. The SMILES string of the molecule is CC1=CCCC2(C)C(CCC2(O)CN(Cc2cccc3ccccc23)C(=O)OC2CC(C)CCC2C(C)C)c2ccc(cc2C(=O)c2ccc(-c3ccccc3)cc2)CC(O)CC1. The molecule has 0 aliphatic heterocycles. The minimum absolute atomic E-state index is 0.0656. The van der Waals surface area contributed by atoms with Crippen LogP contribution in [0.3, 0.4) is 0 Å². The Labute approximate surface area is 375 Å². The van der Waals surface area contributed by atoms with Crippen molar-refractivity contribution in [2.24, 2.45) is 23.2 Å². The van der Waals surface area contributed by atoms with Gasteiger partial charge in [-0.3, -0.25) is 4.79 Å². The maximum Gasteiger partial charge on any atom is 0.410 e. The van der Waals surface area contributed by atoms with Crippen LogP contribution < -0.4 is 0 Å². The van der Waals surface area contributed by atoms with Crippen LogP contribution in [0.4, 0.5) is 4.79 Å². The molecule has 5 aromatic carbocycles. The highest BCUT2D eigenvalue weighted by molar-refractivity contribution is 6.10. The molecule has 5 aromatic rings. The molecule has 63 heavy (non-hydrogen) atoms. The molecule has 6 nitrogen and oxygen atoms in total. The highest BCUT2D eigenvalue weighted by atomic mass is 16.6. The summed E-state index contributed by atoms with van der Waals surface area (Å²) in [6.45, 7) is 11.4. The summed E-state index contributed by atoms with van der Waals surface area (Å²) in [4.78, 5) is 31.6. The summed E-state index contributed by atoms with van der Waals surface area (Å²) in [5.41, 5.74) is 5.40. The van der Waals surface area contributed by atoms with Gasteiger partial charge >= 0.3 is 6.09 Å². The highest BCUT2D eigenvalue weighted by Gasteiger charge is 2.58. The molecule has 0 aromatic heterocycles. The molecular weight excluding hydrogens is 779 g/mol. The predicted molar refractivity (Wildman–Crippen MR) is 255 cm³/mol. The standard InChI is InChI=1S/C57H67NO5/c1-38(2)48-28-21-40(4)33-53(48)63-55(61)58(36-46-18-11-17-44-16-9-10-19-49(44)46)37-57(62)32-30-52-50-29-22-41(34-47(59)27-20-39(3)13-12-31-56(52,57)5)35-51(50)54(60)45-25-23-43(24-26-45)42-14-7-6-8-15-42/h6-11,13-19,22-26,29,35,38,40,47-48,52-53,59,62H,12,20-21,27-28,30-34,36-37H2,1-5H3. The largest absolute Gasteiger partial charge is 0.446 e. The molecule has 7 atom stereocenters. The van der Waals surface area contributed by atoms with Crippen LogP contribution in [0.1, 0.15) is 131 Å². The molecule has 7 unspecified atom stereocenters. The third-order valence-electron chi connectivity index (χ3n) is 15.3. The van der Waals surface area contributed by atoms with Gasteiger partial charge in [0.2, 0.25) is 0 Å². The molecule has 0 saturated heterocycles. The number of amides is 1. The summed E-state index contributed by atoms with van der Waals surface area (Å²) in [6.07, 6.45) is 8.52. The number of carbonyl (C=O) groups is 2. The van der Waals surface area contributed by atoms with Crippen LogP contribution >= 0.6 is 0 Å². The lowest BCUT2D eigenvalue weighted by atomic mass is 9.64. The molecule has 6 heteroatoms. The van der Waals surface area contributed by atoms with Crippen LogP contribution in [-0.4, -0.2) is 51.3 Å². The van der Waals surface area contributed by atoms with E-state index in [9.17, 15) is 19.8 Å². The second kappa shape index (κ2) is 19.0. The Morgan fingerprint density at radius 2 is 1.57 bits per heavy atom. The van der Waals surface area contributed by atoms with Crippen LogP contribution in [0.25, 0.3) is 21.9 Å². The van der Waals surface area contributed by atoms with Gasteiger partial charge in [-0.15, -0.1) is 0 Å². The van der Waals surface area contributed by atoms with Gasteiger partial charge in [0.1, 0.15) is 6.10 Å². The first kappa shape index (κ1) is 44.6. The number of ketones is 1. The van der Waals surface area contributed by atoms with Crippen molar-refractivity contribution in [1.29, 1.82) is 0 Å². The molecule has 2 bridgehead atoms. The van der Waals surface area contributed by atoms with E-state index in [2.05, 4.69) is 89.2 Å². The van der Waals surface area contributed by atoms with E-state index in [-0.39, 0.29) is 36.4 Å². The third kappa shape index (κ3) is 9.59. The number of benzene rings is 5. The lowest BCUT2D eigenvalue weighted by Gasteiger charge is -2.46. The lowest BCUT2D eigenvalue weighted by molar-refractivity contribution is -0.0875. The summed E-state index contributed by atoms with van der Waals surface area (Å²) in [5.74, 6) is 0.891. The molecule has 330 valence electrons. The fraction of sp³-hybridized carbons (Fsp3) is 0.439. The van der Waals surface area contributed by atoms with Gasteiger partial charge in [-0.1, -0.05) is 155 Å². The fourth-order valence-electron chi connectivity index (χ4n) is 11.4. The number of hydrogen-bond donors (Lipinski definition) is 2. The first-order valence-electron chi connectivity index (χ1n) is 23.6. The van der Waals surface area contributed by atoms with Crippen molar-refractivity contribution in [3.63, 3.8) is 0 Å². The predicted octanol–water partition coefficient (Wildman–Crippen LogP) is 12.9. The van der Waals surface area contributed by atoms with E-state index in [4.69, 9.17) is 4.74 Å². The zero-order valence-corrected chi connectivity index (χ0v) is 38.1. The van der Waals surface area contributed by atoms with E-state index in [0.717, 1.165) is 70.7 Å². The number of aliphatic hydroxyl groups is 2. The van der Waals surface area contributed by atoms with Gasteiger partial charge in [-0.05, 0) is 133 Å². The summed E-state index contributed by atoms with van der Waals surface area (Å²) in [6, 6.07) is 38.7. The van der Waals surface area contributed by atoms with Crippen LogP contribution in [0.2, 0.25) is 0 Å². The lowest BCUT2D eigenvalue weighted by Crippen LogP contribution is -2.54. The molecule has 1 amide bonds. The maximum absolute atomic E-state index is 14.9. The van der Waals surface area contributed by atoms with Crippen molar-refractivity contribution in [3.05, 3.63) is 155 Å². The summed E-state index contributed by atoms with van der Waals surface area (Å²) >= 11 is 0. The van der Waals surface area contributed by atoms with E-state index < -0.39 is 17.1 Å². The van der Waals surface area contributed by atoms with Crippen molar-refractivity contribution < 1.29 is 24.5 Å². The van der Waals surface area contributed by atoms with Gasteiger partial charge in [0.15, 0.2) is 5.78 Å². The van der Waals surface area contributed by atoms with E-state index in [1.807, 2.05) is 66.7 Å². The topological polar surface area (TPSA) is 87.1 Å². The van der Waals surface area contributed by atoms with Gasteiger partial charge < -0.3 is 19.8 Å². The van der Waals surface area contributed by atoms with Crippen LogP contribution in [-0.2, 0) is 17.7 Å². The van der Waals surface area contributed by atoms with E-state index in [0.29, 0.717) is 61.6 Å². The number of hydrogen-bond acceptors (Lipinski definition) is 5. The normalized spacial score (nSPS) is 26.5. The Kier molecular flexibility index (Phi) is 13.4. The number of allylic oxidation sites excluding steroid dienone is 2. The Bertz CT molecular complexity index is 2420. The zero-order chi connectivity index (χ0) is 44.3. The Morgan fingerprint density at radius 3 is 2.35 bits per heavy atom. The second-order valence-electron chi connectivity index (χ2n) is 20.0. The summed E-state index contributed by atoms with van der Waals surface area (Å²) in [7, 11) is 0. The number of nitrogens with zero attached hydrogens (tertiary/aromatic N) is 1. The van der Waals surface area contributed by atoms with Gasteiger partial charge in [0, 0.05) is 23.1 Å². The minimum Gasteiger partial charge on any atom is -0.446 e. The Hall–Kier alpha value is -5.04. The van der Waals surface area contributed by atoms with Gasteiger partial charge in [-0.25, -0.2) is 4.79 Å². The van der Waals surface area contributed by atoms with Gasteiger partial charge in [0.05, 0.1) is 18.2 Å². The van der Waals surface area contributed by atoms with Crippen molar-refractivity contribution in [2.45, 2.75) is 129 Å². The molecule has 2 N–H and O–H groups in total. The zero-order valence-electron chi connectivity index (χ0n) is 38.1. The van der Waals surface area contributed by atoms with Gasteiger partial charge in [-0.2, -0.15) is 0 Å². The fourth-order valence-corrected chi connectivity index (χ4v) is 11.4. The van der Waals surface area contributed by atoms with E-state index in [1.54, 1.807) is 4.90 Å². The average molecular weight is 846 g/mol. The maximum atomic E-state index is 14.9. The number of ether oxygens (including phenoxy) is 1. The Balaban J connectivity index is 1.18. The monoisotopic (exact) mass is 846 g/mol. The van der Waals surface area contributed by atoms with E-state index in [1.165, 1.54) is 5.57 Å². The molecule has 0 spiro atoms. The minimum atomic E-state index is -1.30. The molecule has 4 aliphatic carbocycles. The van der Waals surface area contributed by atoms with Crippen molar-refractivity contribution in [2.75, 3.05) is 6.54 Å². The van der Waals surface area contributed by atoms with Crippen LogP contribution in [0.5, 0.6) is 0 Å². The van der Waals surface area contributed by atoms with Crippen molar-refractivity contribution in [1.82, 2.24) is 4.90 Å². The Morgan fingerprint density at radius 1 is 0.841 bits per heavy atom. The van der Waals surface area contributed by atoms with Crippen molar-refractivity contribution in [3.8, 4) is 11.1 Å². The molecule has 2 fully saturated rings. The molecular formula is C57H67NO5. The quantitative estimate of drug-likeness (QED) is 0.114.